The van der Waals surface area contributed by atoms with Crippen LogP contribution < -0.4 is 5.32 Å². The second-order valence-electron chi connectivity index (χ2n) is 5.21. The minimum atomic E-state index is 0.495. The first-order valence-corrected chi connectivity index (χ1v) is 7.81. The molecule has 1 N–H and O–H groups in total. The molecule has 1 atom stereocenters. The van der Waals surface area contributed by atoms with Crippen molar-refractivity contribution in [1.29, 1.82) is 0 Å². The summed E-state index contributed by atoms with van der Waals surface area (Å²) in [5.74, 6) is 0. The van der Waals surface area contributed by atoms with Crippen molar-refractivity contribution >= 4 is 11.3 Å². The molecule has 1 nitrogen and oxygen atoms in total. The van der Waals surface area contributed by atoms with Gasteiger partial charge in [0.25, 0.3) is 0 Å². The second-order valence-corrected chi connectivity index (χ2v) is 6.32. The number of hydrogen-bond donors (Lipinski definition) is 1. The third-order valence-corrected chi connectivity index (χ3v) is 4.65. The first kappa shape index (κ1) is 14.3. The Kier molecular flexibility index (Phi) is 4.78. The van der Waals surface area contributed by atoms with Crippen LogP contribution in [-0.2, 0) is 0 Å². The van der Waals surface area contributed by atoms with E-state index in [0.29, 0.717) is 6.04 Å². The van der Waals surface area contributed by atoms with Gasteiger partial charge in [-0.05, 0) is 45.0 Å². The summed E-state index contributed by atoms with van der Waals surface area (Å²) in [6.07, 6.45) is 2.41. The fourth-order valence-electron chi connectivity index (χ4n) is 2.53. The van der Waals surface area contributed by atoms with Gasteiger partial charge < -0.3 is 5.32 Å². The van der Waals surface area contributed by atoms with Crippen LogP contribution in [0.25, 0.3) is 10.4 Å². The Morgan fingerprint density at radius 1 is 1.11 bits per heavy atom. The van der Waals surface area contributed by atoms with Gasteiger partial charge in [0.1, 0.15) is 0 Å². The summed E-state index contributed by atoms with van der Waals surface area (Å²) in [5.41, 5.74) is 4.02. The number of nitrogens with one attached hydrogen (secondary N) is 1. The highest BCUT2D eigenvalue weighted by Crippen LogP contribution is 2.33. The molecule has 0 radical (unpaired) electrons. The molecule has 0 aliphatic rings. The minimum absolute atomic E-state index is 0.495. The van der Waals surface area contributed by atoms with Crippen LogP contribution in [0.1, 0.15) is 41.8 Å². The quantitative estimate of drug-likeness (QED) is 0.800. The molecule has 102 valence electrons. The van der Waals surface area contributed by atoms with Gasteiger partial charge in [0.05, 0.1) is 0 Å². The molecular weight excluding hydrogens is 250 g/mol. The number of rotatable bonds is 5. The predicted octanol–water partition coefficient (Wildman–Crippen LogP) is 5.09. The minimum Gasteiger partial charge on any atom is -0.312 e. The molecule has 0 aliphatic carbocycles. The molecule has 0 fully saturated rings. The molecule has 0 saturated heterocycles. The second kappa shape index (κ2) is 6.36. The van der Waals surface area contributed by atoms with Crippen LogP contribution in [0.5, 0.6) is 0 Å². The van der Waals surface area contributed by atoms with Crippen molar-refractivity contribution < 1.29 is 0 Å². The summed E-state index contributed by atoms with van der Waals surface area (Å²) in [5, 5.41) is 3.42. The molecule has 1 heterocycles. The fraction of sp³-hybridized carbons (Fsp3) is 0.412. The summed E-state index contributed by atoms with van der Waals surface area (Å²) >= 11 is 1.91. The van der Waals surface area contributed by atoms with Crippen molar-refractivity contribution in [2.24, 2.45) is 0 Å². The van der Waals surface area contributed by atoms with E-state index in [1.807, 2.05) is 11.3 Å². The Hall–Kier alpha value is -1.12. The van der Waals surface area contributed by atoms with Crippen LogP contribution in [0, 0.1) is 13.8 Å². The van der Waals surface area contributed by atoms with E-state index in [-0.39, 0.29) is 0 Å². The third-order valence-electron chi connectivity index (χ3n) is 3.40. The van der Waals surface area contributed by atoms with Crippen LogP contribution in [0.15, 0.2) is 30.3 Å². The summed E-state index contributed by atoms with van der Waals surface area (Å²) in [6.45, 7) is 6.57. The zero-order chi connectivity index (χ0) is 13.8. The highest BCUT2D eigenvalue weighted by Gasteiger charge is 2.11. The molecule has 0 spiro atoms. The number of aryl methyl sites for hydroxylation is 2. The molecule has 0 bridgehead atoms. The van der Waals surface area contributed by atoms with Crippen molar-refractivity contribution in [3.8, 4) is 10.4 Å². The standard InChI is InChI=1S/C17H23NS/c1-5-6-15(18-4)17-8-7-16(19-17)14-10-12(2)9-13(3)11-14/h7-11,15,18H,5-6H2,1-4H3. The van der Waals surface area contributed by atoms with Crippen molar-refractivity contribution in [2.45, 2.75) is 39.7 Å². The summed E-state index contributed by atoms with van der Waals surface area (Å²) in [7, 11) is 2.05. The topological polar surface area (TPSA) is 12.0 Å². The van der Waals surface area contributed by atoms with Gasteiger partial charge >= 0.3 is 0 Å². The summed E-state index contributed by atoms with van der Waals surface area (Å²) < 4.78 is 0. The monoisotopic (exact) mass is 273 g/mol. The fourth-order valence-corrected chi connectivity index (χ4v) is 3.67. The largest absolute Gasteiger partial charge is 0.312 e. The highest BCUT2D eigenvalue weighted by atomic mass is 32.1. The average Bonchev–Trinajstić information content (AvgIpc) is 2.84. The Morgan fingerprint density at radius 2 is 1.79 bits per heavy atom. The molecule has 1 unspecified atom stereocenters. The zero-order valence-corrected chi connectivity index (χ0v) is 13.1. The van der Waals surface area contributed by atoms with Gasteiger partial charge in [0.2, 0.25) is 0 Å². The van der Waals surface area contributed by atoms with E-state index >= 15 is 0 Å². The van der Waals surface area contributed by atoms with Gasteiger partial charge in [0.15, 0.2) is 0 Å². The SMILES string of the molecule is CCCC(NC)c1ccc(-c2cc(C)cc(C)c2)s1. The van der Waals surface area contributed by atoms with Gasteiger partial charge in [-0.25, -0.2) is 0 Å². The molecule has 1 aromatic carbocycles. The van der Waals surface area contributed by atoms with Gasteiger partial charge in [-0.2, -0.15) is 0 Å². The van der Waals surface area contributed by atoms with E-state index in [1.165, 1.54) is 39.3 Å². The average molecular weight is 273 g/mol. The lowest BCUT2D eigenvalue weighted by Gasteiger charge is -2.12. The van der Waals surface area contributed by atoms with Crippen molar-refractivity contribution in [3.05, 3.63) is 46.3 Å². The molecular formula is C17H23NS. The van der Waals surface area contributed by atoms with Gasteiger partial charge in [0, 0.05) is 15.8 Å². The first-order chi connectivity index (χ1) is 9.13. The van der Waals surface area contributed by atoms with Crippen molar-refractivity contribution in [2.75, 3.05) is 7.05 Å². The smallest absolute Gasteiger partial charge is 0.0412 e. The third kappa shape index (κ3) is 3.46. The van der Waals surface area contributed by atoms with Crippen LogP contribution in [0.2, 0.25) is 0 Å². The Balaban J connectivity index is 2.29. The molecule has 2 aromatic rings. The van der Waals surface area contributed by atoms with E-state index in [1.54, 1.807) is 0 Å². The Bertz CT molecular complexity index is 522. The molecule has 2 heteroatoms. The van der Waals surface area contributed by atoms with Gasteiger partial charge in [-0.3, -0.25) is 0 Å². The Morgan fingerprint density at radius 3 is 2.37 bits per heavy atom. The lowest BCUT2D eigenvalue weighted by atomic mass is 10.1. The van der Waals surface area contributed by atoms with E-state index in [4.69, 9.17) is 0 Å². The summed E-state index contributed by atoms with van der Waals surface area (Å²) in [4.78, 5) is 2.82. The van der Waals surface area contributed by atoms with Crippen molar-refractivity contribution in [3.63, 3.8) is 0 Å². The normalized spacial score (nSPS) is 12.6. The molecule has 19 heavy (non-hydrogen) atoms. The first-order valence-electron chi connectivity index (χ1n) is 6.99. The molecule has 1 aromatic heterocycles. The number of benzene rings is 1. The summed E-state index contributed by atoms with van der Waals surface area (Å²) in [6, 6.07) is 11.8. The van der Waals surface area contributed by atoms with Crippen LogP contribution >= 0.6 is 11.3 Å². The maximum Gasteiger partial charge on any atom is 0.0412 e. The lowest BCUT2D eigenvalue weighted by molar-refractivity contribution is 0.550. The molecule has 0 amide bonds. The molecule has 0 aliphatic heterocycles. The molecule has 0 saturated carbocycles. The van der Waals surface area contributed by atoms with E-state index in [0.717, 1.165) is 0 Å². The van der Waals surface area contributed by atoms with Gasteiger partial charge in [-0.15, -0.1) is 11.3 Å². The van der Waals surface area contributed by atoms with Crippen LogP contribution in [0.3, 0.4) is 0 Å². The van der Waals surface area contributed by atoms with Gasteiger partial charge in [-0.1, -0.05) is 42.7 Å². The van der Waals surface area contributed by atoms with Crippen LogP contribution in [-0.4, -0.2) is 7.05 Å². The Labute approximate surface area is 120 Å². The van der Waals surface area contributed by atoms with E-state index in [9.17, 15) is 0 Å². The van der Waals surface area contributed by atoms with Crippen LogP contribution in [0.4, 0.5) is 0 Å². The highest BCUT2D eigenvalue weighted by molar-refractivity contribution is 7.15. The number of hydrogen-bond acceptors (Lipinski definition) is 2. The van der Waals surface area contributed by atoms with E-state index in [2.05, 4.69) is 63.5 Å². The zero-order valence-electron chi connectivity index (χ0n) is 12.3. The maximum absolute atomic E-state index is 3.42. The van der Waals surface area contributed by atoms with Crippen molar-refractivity contribution in [1.82, 2.24) is 5.32 Å². The maximum atomic E-state index is 3.42. The number of thiophene rings is 1. The van der Waals surface area contributed by atoms with E-state index < -0.39 is 0 Å². The lowest BCUT2D eigenvalue weighted by Crippen LogP contribution is -2.14. The predicted molar refractivity (Wildman–Crippen MR) is 85.9 cm³/mol. The molecule has 2 rings (SSSR count).